The van der Waals surface area contributed by atoms with Gasteiger partial charge < -0.3 is 34.2 Å². The van der Waals surface area contributed by atoms with Gasteiger partial charge in [0.2, 0.25) is 11.7 Å². The molecule has 2 heterocycles. The van der Waals surface area contributed by atoms with Crippen molar-refractivity contribution >= 4 is 11.6 Å². The summed E-state index contributed by atoms with van der Waals surface area (Å²) < 4.78 is 20.5. The minimum absolute atomic E-state index is 0.0426. The molecule has 2 N–H and O–H groups in total. The Labute approximate surface area is 304 Å². The lowest BCUT2D eigenvalue weighted by molar-refractivity contribution is -0.255. The largest absolute Gasteiger partial charge is 0.492 e. The normalized spacial score (nSPS) is 29.1. The quantitative estimate of drug-likeness (QED) is 0.0727. The van der Waals surface area contributed by atoms with Crippen LogP contribution in [0, 0.1) is 23.7 Å². The third-order valence-electron chi connectivity index (χ3n) is 12.2. The number of benzene rings is 1. The molecular weight excluding hydrogens is 646 g/mol. The van der Waals surface area contributed by atoms with Gasteiger partial charge in [-0.2, -0.15) is 0 Å². The molecule has 1 amide bonds. The van der Waals surface area contributed by atoms with E-state index < -0.39 is 11.8 Å². The summed E-state index contributed by atoms with van der Waals surface area (Å²) in [6.45, 7) is 8.37. The molecule has 5 aliphatic rings. The molecule has 0 unspecified atom stereocenters. The molecule has 0 radical (unpaired) electrons. The number of hydrogen-bond acceptors (Lipinski definition) is 9. The Balaban J connectivity index is 1.46. The summed E-state index contributed by atoms with van der Waals surface area (Å²) in [5.74, 6) is 1.14. The second-order valence-corrected chi connectivity index (χ2v) is 15.3. The van der Waals surface area contributed by atoms with Crippen molar-refractivity contribution in [1.29, 1.82) is 0 Å². The van der Waals surface area contributed by atoms with E-state index >= 15 is 0 Å². The SMILES string of the molecule is C=CCO[C@@]12Oc3ccc(OCCN4CC4)cc3[C@H]3[C@H](CCCCO)[C@@H](CCCCO)C=C(C(=NOC)C[C@@H]1N(C)C(=O)CCC1CCCC1)[C@H]32. The van der Waals surface area contributed by atoms with Crippen molar-refractivity contribution in [1.82, 2.24) is 9.80 Å². The number of aliphatic hydroxyl groups excluding tert-OH is 2. The third-order valence-corrected chi connectivity index (χ3v) is 12.2. The van der Waals surface area contributed by atoms with E-state index in [0.29, 0.717) is 25.4 Å². The molecule has 0 bridgehead atoms. The van der Waals surface area contributed by atoms with E-state index in [4.69, 9.17) is 19.0 Å². The lowest BCUT2D eigenvalue weighted by Gasteiger charge is -2.59. The Bertz CT molecular complexity index is 1390. The fraction of sp³-hybridized carbons (Fsp3) is 0.707. The van der Waals surface area contributed by atoms with Crippen LogP contribution in [0.2, 0.25) is 0 Å². The van der Waals surface area contributed by atoms with E-state index in [0.717, 1.165) is 92.9 Å². The van der Waals surface area contributed by atoms with E-state index in [1.807, 2.05) is 24.1 Å². The molecule has 0 aromatic heterocycles. The predicted octanol–water partition coefficient (Wildman–Crippen LogP) is 6.07. The second kappa shape index (κ2) is 17.7. The average molecular weight is 708 g/mol. The van der Waals surface area contributed by atoms with Crippen molar-refractivity contribution < 1.29 is 34.1 Å². The van der Waals surface area contributed by atoms with Gasteiger partial charge in [-0.3, -0.25) is 9.69 Å². The Kier molecular flexibility index (Phi) is 13.2. The van der Waals surface area contributed by atoms with Crippen molar-refractivity contribution in [2.75, 3.05) is 60.2 Å². The van der Waals surface area contributed by atoms with Crippen LogP contribution < -0.4 is 9.47 Å². The zero-order valence-electron chi connectivity index (χ0n) is 31.0. The Morgan fingerprint density at radius 1 is 1.12 bits per heavy atom. The molecule has 282 valence electrons. The molecule has 1 aromatic rings. The zero-order chi connectivity index (χ0) is 35.8. The van der Waals surface area contributed by atoms with Crippen LogP contribution in [0.25, 0.3) is 0 Å². The average Bonchev–Trinajstić information content (AvgIpc) is 3.81. The monoisotopic (exact) mass is 707 g/mol. The van der Waals surface area contributed by atoms with Gasteiger partial charge in [0.15, 0.2) is 0 Å². The van der Waals surface area contributed by atoms with E-state index in [9.17, 15) is 15.0 Å². The molecule has 10 heteroatoms. The third kappa shape index (κ3) is 8.50. The molecule has 51 heavy (non-hydrogen) atoms. The first-order valence-corrected chi connectivity index (χ1v) is 19.7. The molecule has 2 aliphatic heterocycles. The highest BCUT2D eigenvalue weighted by atomic mass is 16.7. The molecule has 3 aliphatic carbocycles. The lowest BCUT2D eigenvalue weighted by atomic mass is 9.55. The number of carbonyl (C=O) groups is 1. The predicted molar refractivity (Wildman–Crippen MR) is 198 cm³/mol. The molecule has 3 fully saturated rings. The number of nitrogens with zero attached hydrogens (tertiary/aromatic N) is 3. The number of hydrogen-bond donors (Lipinski definition) is 2. The number of carbonyl (C=O) groups excluding carboxylic acids is 1. The van der Waals surface area contributed by atoms with Gasteiger partial charge in [0.05, 0.1) is 18.2 Å². The summed E-state index contributed by atoms with van der Waals surface area (Å²) in [5.41, 5.74) is 2.96. The molecule has 6 rings (SSSR count). The molecule has 10 nitrogen and oxygen atoms in total. The number of fused-ring (bicyclic) bond motifs is 2. The Morgan fingerprint density at radius 3 is 2.59 bits per heavy atom. The standard InChI is InChI=1S/C41H61N3O7/c1-4-24-50-41-37(43(2)38(47)18-15-29-11-5-6-12-29)28-35(42-48-3)33-26-30(13-7-9-22-45)32(14-8-10-23-46)39(40(33)41)34-27-31(16-17-36(34)51-41)49-25-21-44-19-20-44/h4,16-17,26-27,29-30,32,37,39-40,45-46H,1,5-15,18-25,28H2,2-3H3/t30-,32+,37-,39+,40+,41+/m0/s1. The lowest BCUT2D eigenvalue weighted by Crippen LogP contribution is -2.69. The van der Waals surface area contributed by atoms with Crippen LogP contribution >= 0.6 is 0 Å². The Morgan fingerprint density at radius 2 is 1.88 bits per heavy atom. The first-order chi connectivity index (χ1) is 24.9. The second-order valence-electron chi connectivity index (χ2n) is 15.3. The molecule has 1 saturated heterocycles. The molecule has 6 atom stereocenters. The fourth-order valence-electron chi connectivity index (χ4n) is 9.49. The number of unbranched alkanes of at least 4 members (excludes halogenated alkanes) is 2. The highest BCUT2D eigenvalue weighted by Gasteiger charge is 2.65. The van der Waals surface area contributed by atoms with Crippen LogP contribution in [0.1, 0.15) is 95.0 Å². The highest BCUT2D eigenvalue weighted by molar-refractivity contribution is 6.03. The van der Waals surface area contributed by atoms with Crippen LogP contribution in [-0.2, 0) is 14.4 Å². The molecule has 2 saturated carbocycles. The number of ether oxygens (including phenoxy) is 3. The van der Waals surface area contributed by atoms with E-state index in [-0.39, 0.29) is 49.4 Å². The maximum Gasteiger partial charge on any atom is 0.239 e. The summed E-state index contributed by atoms with van der Waals surface area (Å²) in [5, 5.41) is 24.2. The first kappa shape index (κ1) is 37.8. The number of amides is 1. The van der Waals surface area contributed by atoms with Gasteiger partial charge >= 0.3 is 0 Å². The molecule has 0 spiro atoms. The van der Waals surface area contributed by atoms with Crippen LogP contribution in [0.4, 0.5) is 0 Å². The van der Waals surface area contributed by atoms with Crippen molar-refractivity contribution in [3.8, 4) is 11.5 Å². The summed E-state index contributed by atoms with van der Waals surface area (Å²) in [6.07, 6.45) is 16.0. The van der Waals surface area contributed by atoms with Crippen molar-refractivity contribution in [3.05, 3.63) is 48.1 Å². The van der Waals surface area contributed by atoms with Crippen LogP contribution in [0.5, 0.6) is 11.5 Å². The minimum atomic E-state index is -1.20. The minimum Gasteiger partial charge on any atom is -0.492 e. The van der Waals surface area contributed by atoms with Gasteiger partial charge in [-0.1, -0.05) is 55.8 Å². The maximum absolute atomic E-state index is 14.1. The number of oxime groups is 1. The van der Waals surface area contributed by atoms with Gasteiger partial charge in [0, 0.05) is 64.2 Å². The van der Waals surface area contributed by atoms with Gasteiger partial charge in [-0.05, 0) is 73.6 Å². The van der Waals surface area contributed by atoms with Crippen LogP contribution in [0.3, 0.4) is 0 Å². The summed E-state index contributed by atoms with van der Waals surface area (Å²) >= 11 is 0. The number of likely N-dealkylation sites (N-methyl/N-ethyl adjacent to an activating group) is 1. The van der Waals surface area contributed by atoms with Gasteiger partial charge in [0.25, 0.3) is 0 Å². The van der Waals surface area contributed by atoms with Crippen molar-refractivity contribution in [2.45, 2.75) is 101 Å². The topological polar surface area (TPSA) is 113 Å². The van der Waals surface area contributed by atoms with Crippen LogP contribution in [0.15, 0.2) is 47.7 Å². The molecule has 1 aromatic carbocycles. The first-order valence-electron chi connectivity index (χ1n) is 19.7. The summed E-state index contributed by atoms with van der Waals surface area (Å²) in [4.78, 5) is 23.9. The van der Waals surface area contributed by atoms with Gasteiger partial charge in [-0.15, -0.1) is 6.58 Å². The van der Waals surface area contributed by atoms with E-state index in [1.165, 1.54) is 25.7 Å². The van der Waals surface area contributed by atoms with Gasteiger partial charge in [0.1, 0.15) is 31.3 Å². The zero-order valence-corrected chi connectivity index (χ0v) is 31.0. The summed E-state index contributed by atoms with van der Waals surface area (Å²) in [7, 11) is 3.49. The fourth-order valence-corrected chi connectivity index (χ4v) is 9.49. The van der Waals surface area contributed by atoms with E-state index in [1.54, 1.807) is 13.2 Å². The Hall–Kier alpha value is -2.92. The molecular formula is C41H61N3O7. The van der Waals surface area contributed by atoms with E-state index in [2.05, 4.69) is 28.8 Å². The van der Waals surface area contributed by atoms with Crippen molar-refractivity contribution in [2.24, 2.45) is 28.8 Å². The smallest absolute Gasteiger partial charge is 0.239 e. The number of allylic oxidation sites excluding steroid dienone is 1. The van der Waals surface area contributed by atoms with Crippen molar-refractivity contribution in [3.63, 3.8) is 0 Å². The summed E-state index contributed by atoms with van der Waals surface area (Å²) in [6, 6.07) is 5.72. The maximum atomic E-state index is 14.1. The number of aliphatic hydroxyl groups is 2. The van der Waals surface area contributed by atoms with Gasteiger partial charge in [-0.25, -0.2) is 0 Å². The number of rotatable bonds is 20. The highest BCUT2D eigenvalue weighted by Crippen LogP contribution is 2.61. The van der Waals surface area contributed by atoms with Crippen LogP contribution in [-0.4, -0.2) is 104 Å².